The molecule has 0 unspecified atom stereocenters. The Morgan fingerprint density at radius 1 is 1.19 bits per heavy atom. The molecule has 27 heavy (non-hydrogen) atoms. The predicted molar refractivity (Wildman–Crippen MR) is 110 cm³/mol. The quantitative estimate of drug-likeness (QED) is 0.462. The van der Waals surface area contributed by atoms with Gasteiger partial charge in [0.2, 0.25) is 0 Å². The van der Waals surface area contributed by atoms with Gasteiger partial charge >= 0.3 is 0 Å². The second kappa shape index (κ2) is 10.7. The van der Waals surface area contributed by atoms with Gasteiger partial charge in [-0.25, -0.2) is 9.38 Å². The highest BCUT2D eigenvalue weighted by Crippen LogP contribution is 2.18. The summed E-state index contributed by atoms with van der Waals surface area (Å²) in [5, 5.41) is 9.07. The summed E-state index contributed by atoms with van der Waals surface area (Å²) in [7, 11) is 1.62. The molecular formula is C20H24BrFN4O. The van der Waals surface area contributed by atoms with Crippen LogP contribution in [0.3, 0.4) is 0 Å². The molecule has 7 heteroatoms. The third kappa shape index (κ3) is 6.67. The van der Waals surface area contributed by atoms with Gasteiger partial charge in [-0.1, -0.05) is 28.1 Å². The summed E-state index contributed by atoms with van der Waals surface area (Å²) < 4.78 is 14.2. The summed E-state index contributed by atoms with van der Waals surface area (Å²) in [4.78, 5) is 16.2. The molecule has 0 bridgehead atoms. The van der Waals surface area contributed by atoms with Crippen molar-refractivity contribution >= 4 is 27.8 Å². The maximum atomic E-state index is 13.4. The summed E-state index contributed by atoms with van der Waals surface area (Å²) >= 11 is 3.42. The molecule has 2 aromatic rings. The Hall–Kier alpha value is -2.41. The van der Waals surface area contributed by atoms with E-state index in [1.54, 1.807) is 19.2 Å². The lowest BCUT2D eigenvalue weighted by Crippen LogP contribution is -2.38. The number of amides is 1. The van der Waals surface area contributed by atoms with Crippen LogP contribution in [0.25, 0.3) is 0 Å². The Morgan fingerprint density at radius 2 is 2.00 bits per heavy atom. The van der Waals surface area contributed by atoms with Crippen LogP contribution in [0.2, 0.25) is 0 Å². The van der Waals surface area contributed by atoms with Crippen LogP contribution >= 0.6 is 15.9 Å². The van der Waals surface area contributed by atoms with Crippen LogP contribution in [0.1, 0.15) is 28.4 Å². The third-order valence-electron chi connectivity index (χ3n) is 3.88. The molecule has 0 aliphatic rings. The van der Waals surface area contributed by atoms with Crippen LogP contribution in [0, 0.1) is 5.82 Å². The van der Waals surface area contributed by atoms with Crippen molar-refractivity contribution in [1.82, 2.24) is 16.0 Å². The number of aliphatic imine (C=N–C) groups is 1. The standard InChI is InChI=1S/C20H24BrFN4O/c1-3-24-20(26-13-16-12-17(22)7-8-18(16)21)25-10-9-14-5-4-6-15(11-14)19(27)23-2/h4-8,11-12H,3,9-10,13H2,1-2H3,(H,23,27)(H2,24,25,26). The number of rotatable bonds is 7. The van der Waals surface area contributed by atoms with E-state index in [-0.39, 0.29) is 11.7 Å². The van der Waals surface area contributed by atoms with Gasteiger partial charge in [0.1, 0.15) is 5.82 Å². The molecule has 0 radical (unpaired) electrons. The van der Waals surface area contributed by atoms with E-state index < -0.39 is 0 Å². The van der Waals surface area contributed by atoms with Gasteiger partial charge < -0.3 is 16.0 Å². The van der Waals surface area contributed by atoms with Gasteiger partial charge in [0.25, 0.3) is 5.91 Å². The molecule has 144 valence electrons. The molecule has 2 rings (SSSR count). The van der Waals surface area contributed by atoms with Crippen LogP contribution in [-0.2, 0) is 13.0 Å². The van der Waals surface area contributed by atoms with Crippen molar-refractivity contribution in [3.63, 3.8) is 0 Å². The average Bonchev–Trinajstić information content (AvgIpc) is 2.68. The van der Waals surface area contributed by atoms with E-state index in [4.69, 9.17) is 0 Å². The van der Waals surface area contributed by atoms with Crippen molar-refractivity contribution in [3.05, 3.63) is 69.4 Å². The van der Waals surface area contributed by atoms with Crippen molar-refractivity contribution < 1.29 is 9.18 Å². The van der Waals surface area contributed by atoms with Gasteiger partial charge in [0.15, 0.2) is 5.96 Å². The van der Waals surface area contributed by atoms with Gasteiger partial charge in [-0.15, -0.1) is 0 Å². The van der Waals surface area contributed by atoms with Crippen molar-refractivity contribution in [1.29, 1.82) is 0 Å². The van der Waals surface area contributed by atoms with Crippen molar-refractivity contribution in [2.24, 2.45) is 4.99 Å². The smallest absolute Gasteiger partial charge is 0.251 e. The van der Waals surface area contributed by atoms with Gasteiger partial charge in [-0.05, 0) is 54.8 Å². The summed E-state index contributed by atoms with van der Waals surface area (Å²) in [5.74, 6) is 0.286. The Kier molecular flexibility index (Phi) is 8.26. The molecule has 1 amide bonds. The molecule has 0 saturated heterocycles. The average molecular weight is 435 g/mol. The number of benzene rings is 2. The largest absolute Gasteiger partial charge is 0.357 e. The first-order chi connectivity index (χ1) is 13.0. The Bertz CT molecular complexity index is 810. The number of hydrogen-bond donors (Lipinski definition) is 3. The first-order valence-corrected chi connectivity index (χ1v) is 9.60. The predicted octanol–water partition coefficient (Wildman–Crippen LogP) is 3.25. The Morgan fingerprint density at radius 3 is 2.74 bits per heavy atom. The van der Waals surface area contributed by atoms with Crippen LogP contribution < -0.4 is 16.0 Å². The minimum Gasteiger partial charge on any atom is -0.357 e. The molecule has 0 atom stereocenters. The first kappa shape index (κ1) is 20.9. The van der Waals surface area contributed by atoms with E-state index in [0.717, 1.165) is 28.6 Å². The van der Waals surface area contributed by atoms with Gasteiger partial charge in [-0.3, -0.25) is 4.79 Å². The topological polar surface area (TPSA) is 65.5 Å². The minimum absolute atomic E-state index is 0.0969. The zero-order valence-electron chi connectivity index (χ0n) is 15.5. The number of hydrogen-bond acceptors (Lipinski definition) is 2. The molecule has 0 fully saturated rings. The van der Waals surface area contributed by atoms with Crippen LogP contribution in [0.5, 0.6) is 0 Å². The molecule has 0 aromatic heterocycles. The van der Waals surface area contributed by atoms with Crippen molar-refractivity contribution in [2.45, 2.75) is 19.9 Å². The fourth-order valence-electron chi connectivity index (χ4n) is 2.51. The van der Waals surface area contributed by atoms with Gasteiger partial charge in [0.05, 0.1) is 6.54 Å². The maximum Gasteiger partial charge on any atom is 0.251 e. The highest BCUT2D eigenvalue weighted by atomic mass is 79.9. The number of nitrogens with one attached hydrogen (secondary N) is 3. The fraction of sp³-hybridized carbons (Fsp3) is 0.300. The zero-order valence-corrected chi connectivity index (χ0v) is 17.1. The minimum atomic E-state index is -0.280. The molecule has 0 saturated carbocycles. The lowest BCUT2D eigenvalue weighted by molar-refractivity contribution is 0.0963. The monoisotopic (exact) mass is 434 g/mol. The van der Waals surface area contributed by atoms with E-state index in [1.807, 2.05) is 25.1 Å². The van der Waals surface area contributed by atoms with E-state index in [0.29, 0.717) is 24.6 Å². The van der Waals surface area contributed by atoms with Crippen molar-refractivity contribution in [3.8, 4) is 0 Å². The highest BCUT2D eigenvalue weighted by molar-refractivity contribution is 9.10. The first-order valence-electron chi connectivity index (χ1n) is 8.80. The van der Waals surface area contributed by atoms with Crippen LogP contribution in [0.15, 0.2) is 51.9 Å². The number of guanidine groups is 1. The maximum absolute atomic E-state index is 13.4. The lowest BCUT2D eigenvalue weighted by Gasteiger charge is -2.12. The number of halogens is 2. The molecular weight excluding hydrogens is 411 g/mol. The lowest BCUT2D eigenvalue weighted by atomic mass is 10.1. The molecule has 0 heterocycles. The van der Waals surface area contributed by atoms with Crippen LogP contribution in [-0.4, -0.2) is 32.0 Å². The second-order valence-corrected chi connectivity index (χ2v) is 6.74. The highest BCUT2D eigenvalue weighted by Gasteiger charge is 2.05. The molecule has 5 nitrogen and oxygen atoms in total. The van der Waals surface area contributed by atoms with Gasteiger partial charge in [0, 0.05) is 30.2 Å². The molecule has 2 aromatic carbocycles. The third-order valence-corrected chi connectivity index (χ3v) is 4.66. The summed E-state index contributed by atoms with van der Waals surface area (Å²) in [6.45, 7) is 3.73. The van der Waals surface area contributed by atoms with Crippen molar-refractivity contribution in [2.75, 3.05) is 20.1 Å². The van der Waals surface area contributed by atoms with E-state index in [2.05, 4.69) is 36.9 Å². The summed E-state index contributed by atoms with van der Waals surface area (Å²) in [6.07, 6.45) is 0.749. The normalized spacial score (nSPS) is 11.2. The zero-order chi connectivity index (χ0) is 19.6. The van der Waals surface area contributed by atoms with Gasteiger partial charge in [-0.2, -0.15) is 0 Å². The van der Waals surface area contributed by atoms with E-state index in [9.17, 15) is 9.18 Å². The SMILES string of the molecule is CCNC(=NCc1cc(F)ccc1Br)NCCc1cccc(C(=O)NC)c1. The summed E-state index contributed by atoms with van der Waals surface area (Å²) in [6, 6.07) is 12.1. The molecule has 0 aliphatic heterocycles. The van der Waals surface area contributed by atoms with E-state index >= 15 is 0 Å². The Labute approximate surface area is 167 Å². The number of carbonyl (C=O) groups is 1. The van der Waals surface area contributed by atoms with Crippen LogP contribution in [0.4, 0.5) is 4.39 Å². The second-order valence-electron chi connectivity index (χ2n) is 5.89. The molecule has 0 spiro atoms. The fourth-order valence-corrected chi connectivity index (χ4v) is 2.88. The number of carbonyl (C=O) groups excluding carboxylic acids is 1. The summed E-state index contributed by atoms with van der Waals surface area (Å²) in [5.41, 5.74) is 2.49. The Balaban J connectivity index is 1.96. The number of nitrogens with zero attached hydrogens (tertiary/aromatic N) is 1. The van der Waals surface area contributed by atoms with E-state index in [1.165, 1.54) is 12.1 Å². The molecule has 3 N–H and O–H groups in total. The molecule has 0 aliphatic carbocycles.